The van der Waals surface area contributed by atoms with Gasteiger partial charge in [-0.25, -0.2) is 0 Å². The highest BCUT2D eigenvalue weighted by molar-refractivity contribution is 5.42. The van der Waals surface area contributed by atoms with Gasteiger partial charge >= 0.3 is 0 Å². The molecule has 0 aliphatic carbocycles. The highest BCUT2D eigenvalue weighted by Crippen LogP contribution is 2.10. The Morgan fingerprint density at radius 3 is 1.88 bits per heavy atom. The van der Waals surface area contributed by atoms with Crippen LogP contribution in [-0.4, -0.2) is 7.11 Å². The smallest absolute Gasteiger partial charge is 0.118 e. The average Bonchev–Trinajstić information content (AvgIpc) is 2.66. The molecule has 0 radical (unpaired) electrons. The normalized spacial score (nSPS) is 9.84. The number of ether oxygens (including phenoxy) is 1. The summed E-state index contributed by atoms with van der Waals surface area (Å²) in [6.07, 6.45) is 8.53. The fourth-order valence-corrected chi connectivity index (χ4v) is 2.34. The van der Waals surface area contributed by atoms with Crippen molar-refractivity contribution in [3.05, 3.63) is 77.4 Å². The van der Waals surface area contributed by atoms with Crippen LogP contribution in [0.5, 0.6) is 5.75 Å². The largest absolute Gasteiger partial charge is 0.497 e. The lowest BCUT2D eigenvalue weighted by Gasteiger charge is -2.00. The molecular weight excluding hydrogens is 304 g/mol. The van der Waals surface area contributed by atoms with Crippen LogP contribution in [0.4, 0.5) is 0 Å². The molecule has 0 aromatic heterocycles. The molecular formula is C24H24O. The Morgan fingerprint density at radius 2 is 1.36 bits per heavy atom. The number of allylic oxidation sites excluding steroid dienone is 2. The third-order valence-electron chi connectivity index (χ3n) is 3.80. The molecule has 0 fully saturated rings. The van der Waals surface area contributed by atoms with Gasteiger partial charge in [-0.1, -0.05) is 55.6 Å². The summed E-state index contributed by atoms with van der Waals surface area (Å²) in [5.74, 6) is 13.0. The maximum Gasteiger partial charge on any atom is 0.118 e. The standard InChI is InChI=1S/C24H24O/c1-3-4-7-10-21-13-15-22(16-14-21)11-8-5-6-9-12-23-17-19-24(25-2)20-18-23/h5-6,13-20H,3-4,7,10H2,1-2H3. The molecule has 0 amide bonds. The minimum atomic E-state index is 0.836. The fourth-order valence-electron chi connectivity index (χ4n) is 2.34. The van der Waals surface area contributed by atoms with Gasteiger partial charge in [-0.05, 0) is 67.0 Å². The lowest BCUT2D eigenvalue weighted by molar-refractivity contribution is 0.415. The number of benzene rings is 2. The topological polar surface area (TPSA) is 9.23 Å². The molecule has 2 aromatic rings. The first-order valence-corrected chi connectivity index (χ1v) is 8.73. The number of unbranched alkanes of at least 4 members (excludes halogenated alkanes) is 2. The van der Waals surface area contributed by atoms with E-state index in [1.54, 1.807) is 19.3 Å². The van der Waals surface area contributed by atoms with E-state index in [9.17, 15) is 0 Å². The summed E-state index contributed by atoms with van der Waals surface area (Å²) in [6, 6.07) is 16.2. The Labute approximate surface area is 151 Å². The molecule has 1 nitrogen and oxygen atoms in total. The van der Waals surface area contributed by atoms with Crippen molar-refractivity contribution in [3.63, 3.8) is 0 Å². The lowest BCUT2D eigenvalue weighted by atomic mass is 10.1. The van der Waals surface area contributed by atoms with Crippen molar-refractivity contribution in [1.29, 1.82) is 0 Å². The molecule has 0 heterocycles. The third-order valence-corrected chi connectivity index (χ3v) is 3.80. The maximum atomic E-state index is 5.12. The zero-order valence-electron chi connectivity index (χ0n) is 15.0. The zero-order chi connectivity index (χ0) is 17.7. The molecule has 0 spiro atoms. The van der Waals surface area contributed by atoms with Gasteiger partial charge in [0.25, 0.3) is 0 Å². The minimum absolute atomic E-state index is 0.836. The monoisotopic (exact) mass is 328 g/mol. The Morgan fingerprint density at radius 1 is 0.800 bits per heavy atom. The number of methoxy groups -OCH3 is 1. The van der Waals surface area contributed by atoms with E-state index >= 15 is 0 Å². The van der Waals surface area contributed by atoms with Crippen molar-refractivity contribution >= 4 is 0 Å². The summed E-state index contributed by atoms with van der Waals surface area (Å²) in [6.45, 7) is 2.23. The van der Waals surface area contributed by atoms with E-state index in [-0.39, 0.29) is 0 Å². The van der Waals surface area contributed by atoms with Gasteiger partial charge in [0.15, 0.2) is 0 Å². The van der Waals surface area contributed by atoms with E-state index < -0.39 is 0 Å². The van der Waals surface area contributed by atoms with Crippen molar-refractivity contribution in [3.8, 4) is 29.4 Å². The van der Waals surface area contributed by atoms with E-state index in [0.29, 0.717) is 0 Å². The Hall–Kier alpha value is -2.90. The Bertz CT molecular complexity index is 788. The summed E-state index contributed by atoms with van der Waals surface area (Å²) < 4.78 is 5.12. The van der Waals surface area contributed by atoms with E-state index in [0.717, 1.165) is 23.3 Å². The molecule has 0 atom stereocenters. The highest BCUT2D eigenvalue weighted by Gasteiger charge is 1.93. The van der Waals surface area contributed by atoms with Crippen molar-refractivity contribution < 1.29 is 4.74 Å². The molecule has 126 valence electrons. The number of hydrogen-bond acceptors (Lipinski definition) is 1. The van der Waals surface area contributed by atoms with Crippen LogP contribution in [0.25, 0.3) is 0 Å². The van der Waals surface area contributed by atoms with E-state index in [2.05, 4.69) is 54.9 Å². The third kappa shape index (κ3) is 7.03. The van der Waals surface area contributed by atoms with Crippen LogP contribution in [0.2, 0.25) is 0 Å². The molecule has 0 N–H and O–H groups in total. The summed E-state index contributed by atoms with van der Waals surface area (Å²) in [4.78, 5) is 0. The Balaban J connectivity index is 1.85. The van der Waals surface area contributed by atoms with Crippen LogP contribution < -0.4 is 4.74 Å². The van der Waals surface area contributed by atoms with Gasteiger partial charge in [0.2, 0.25) is 0 Å². The molecule has 0 unspecified atom stereocenters. The van der Waals surface area contributed by atoms with Crippen LogP contribution in [0.3, 0.4) is 0 Å². The zero-order valence-corrected chi connectivity index (χ0v) is 15.0. The molecule has 2 rings (SSSR count). The van der Waals surface area contributed by atoms with Crippen LogP contribution in [0, 0.1) is 23.7 Å². The number of aryl methyl sites for hydroxylation is 1. The van der Waals surface area contributed by atoms with Crippen molar-refractivity contribution in [2.24, 2.45) is 0 Å². The van der Waals surface area contributed by atoms with Gasteiger partial charge in [-0.15, -0.1) is 0 Å². The highest BCUT2D eigenvalue weighted by atomic mass is 16.5. The van der Waals surface area contributed by atoms with Gasteiger partial charge in [0, 0.05) is 11.1 Å². The average molecular weight is 328 g/mol. The molecule has 25 heavy (non-hydrogen) atoms. The van der Waals surface area contributed by atoms with Gasteiger partial charge in [-0.3, -0.25) is 0 Å². The fraction of sp³-hybridized carbons (Fsp3) is 0.250. The first-order valence-electron chi connectivity index (χ1n) is 8.73. The lowest BCUT2D eigenvalue weighted by Crippen LogP contribution is -1.85. The molecule has 0 aliphatic rings. The predicted molar refractivity (Wildman–Crippen MR) is 106 cm³/mol. The Kier molecular flexibility index (Phi) is 7.96. The maximum absolute atomic E-state index is 5.12. The van der Waals surface area contributed by atoms with Crippen LogP contribution in [0.1, 0.15) is 42.9 Å². The quantitative estimate of drug-likeness (QED) is 0.528. The predicted octanol–water partition coefficient (Wildman–Crippen LogP) is 5.39. The summed E-state index contributed by atoms with van der Waals surface area (Å²) in [5.41, 5.74) is 3.38. The molecule has 0 bridgehead atoms. The van der Waals surface area contributed by atoms with Crippen molar-refractivity contribution in [1.82, 2.24) is 0 Å². The van der Waals surface area contributed by atoms with Crippen molar-refractivity contribution in [2.75, 3.05) is 7.11 Å². The second-order valence-electron chi connectivity index (χ2n) is 5.75. The first kappa shape index (κ1) is 18.4. The van der Waals surface area contributed by atoms with Gasteiger partial charge in [0.05, 0.1) is 7.11 Å². The van der Waals surface area contributed by atoms with Crippen LogP contribution in [0.15, 0.2) is 60.7 Å². The number of hydrogen-bond donors (Lipinski definition) is 0. The van der Waals surface area contributed by atoms with E-state index in [4.69, 9.17) is 4.74 Å². The molecule has 1 heteroatoms. The summed E-state index contributed by atoms with van der Waals surface area (Å²) >= 11 is 0. The van der Waals surface area contributed by atoms with Crippen LogP contribution >= 0.6 is 0 Å². The molecule has 0 saturated heterocycles. The van der Waals surface area contributed by atoms with Crippen molar-refractivity contribution in [2.45, 2.75) is 32.6 Å². The summed E-state index contributed by atoms with van der Waals surface area (Å²) in [5, 5.41) is 0. The SMILES string of the molecule is CCCCCc1ccc(C#CC=CC#Cc2ccc(OC)cc2)cc1. The molecule has 0 saturated carbocycles. The minimum Gasteiger partial charge on any atom is -0.497 e. The van der Waals surface area contributed by atoms with Crippen LogP contribution in [-0.2, 0) is 6.42 Å². The first-order chi connectivity index (χ1) is 12.3. The molecule has 0 aliphatic heterocycles. The second kappa shape index (κ2) is 10.8. The van der Waals surface area contributed by atoms with E-state index in [1.807, 2.05) is 24.3 Å². The summed E-state index contributed by atoms with van der Waals surface area (Å²) in [7, 11) is 1.65. The van der Waals surface area contributed by atoms with Gasteiger partial charge in [-0.2, -0.15) is 0 Å². The molecule has 2 aromatic carbocycles. The number of rotatable bonds is 5. The van der Waals surface area contributed by atoms with E-state index in [1.165, 1.54) is 24.8 Å². The second-order valence-corrected chi connectivity index (χ2v) is 5.75. The van der Waals surface area contributed by atoms with Gasteiger partial charge < -0.3 is 4.74 Å². The van der Waals surface area contributed by atoms with Gasteiger partial charge in [0.1, 0.15) is 5.75 Å².